The molecule has 1 atom stereocenters. The van der Waals surface area contributed by atoms with Gasteiger partial charge in [-0.05, 0) is 74.8 Å². The number of aryl methyl sites for hydroxylation is 2. The Kier molecular flexibility index (Phi) is 7.14. The zero-order valence-electron chi connectivity index (χ0n) is 21.2. The minimum Gasteiger partial charge on any atom is -0.325 e. The number of hydrogen-bond acceptors (Lipinski definition) is 8. The molecule has 0 bridgehead atoms. The third kappa shape index (κ3) is 4.72. The maximum absolute atomic E-state index is 13.2. The lowest BCUT2D eigenvalue weighted by molar-refractivity contribution is -0.113. The number of sulfonamides is 1. The molecule has 1 fully saturated rings. The largest absolute Gasteiger partial charge is 0.325 e. The molecule has 0 radical (unpaired) electrons. The maximum atomic E-state index is 13.2. The van der Waals surface area contributed by atoms with Crippen LogP contribution in [0.1, 0.15) is 55.9 Å². The van der Waals surface area contributed by atoms with Crippen LogP contribution in [0.2, 0.25) is 0 Å². The van der Waals surface area contributed by atoms with Crippen molar-refractivity contribution in [3.8, 4) is 0 Å². The zero-order valence-corrected chi connectivity index (χ0v) is 23.7. The lowest BCUT2D eigenvalue weighted by atomic mass is 9.97. The first-order valence-electron chi connectivity index (χ1n) is 13.1. The van der Waals surface area contributed by atoms with Gasteiger partial charge in [-0.2, -0.15) is 4.31 Å². The number of amides is 1. The van der Waals surface area contributed by atoms with Crippen LogP contribution in [0.15, 0.2) is 40.6 Å². The Morgan fingerprint density at radius 2 is 1.95 bits per heavy atom. The number of fused-ring (bicyclic) bond motifs is 5. The van der Waals surface area contributed by atoms with Crippen molar-refractivity contribution in [2.24, 2.45) is 0 Å². The van der Waals surface area contributed by atoms with Crippen LogP contribution in [-0.4, -0.2) is 56.6 Å². The van der Waals surface area contributed by atoms with E-state index < -0.39 is 10.0 Å². The predicted molar refractivity (Wildman–Crippen MR) is 150 cm³/mol. The van der Waals surface area contributed by atoms with Crippen LogP contribution in [0.25, 0.3) is 15.9 Å². The van der Waals surface area contributed by atoms with E-state index in [1.54, 1.807) is 46.2 Å². The van der Waals surface area contributed by atoms with Crippen LogP contribution in [0, 0.1) is 0 Å². The summed E-state index contributed by atoms with van der Waals surface area (Å²) in [6.07, 6.45) is 9.95. The number of rotatable bonds is 7. The molecule has 1 N–H and O–H groups in total. The smallest absolute Gasteiger partial charge is 0.243 e. The van der Waals surface area contributed by atoms with Crippen molar-refractivity contribution >= 4 is 60.6 Å². The molecule has 0 spiro atoms. The molecule has 9 nitrogen and oxygen atoms in total. The highest BCUT2D eigenvalue weighted by molar-refractivity contribution is 7.99. The first-order valence-corrected chi connectivity index (χ1v) is 16.4. The second-order valence-electron chi connectivity index (χ2n) is 9.85. The van der Waals surface area contributed by atoms with Crippen molar-refractivity contribution in [2.45, 2.75) is 74.4 Å². The molecule has 12 heteroatoms. The molecule has 1 aromatic carbocycles. The van der Waals surface area contributed by atoms with Crippen LogP contribution >= 0.6 is 23.1 Å². The summed E-state index contributed by atoms with van der Waals surface area (Å²) in [4.78, 5) is 20.0. The van der Waals surface area contributed by atoms with Gasteiger partial charge in [0.25, 0.3) is 0 Å². The number of thiophene rings is 1. The van der Waals surface area contributed by atoms with E-state index in [0.717, 1.165) is 54.4 Å². The summed E-state index contributed by atoms with van der Waals surface area (Å²) >= 11 is 3.05. The van der Waals surface area contributed by atoms with Gasteiger partial charge in [0.05, 0.1) is 16.0 Å². The molecule has 4 aromatic rings. The summed E-state index contributed by atoms with van der Waals surface area (Å²) in [5.74, 6) is -0.0570. The van der Waals surface area contributed by atoms with E-state index >= 15 is 0 Å². The van der Waals surface area contributed by atoms with Crippen molar-refractivity contribution in [2.75, 3.05) is 17.6 Å². The number of anilines is 1. The third-order valence-corrected chi connectivity index (χ3v) is 11.6. The summed E-state index contributed by atoms with van der Waals surface area (Å²) < 4.78 is 29.9. The third-order valence-electron chi connectivity index (χ3n) is 7.45. The Labute approximate surface area is 230 Å². The number of carbonyl (C=O) groups excluding carboxylic acids is 1. The molecule has 4 heterocycles. The molecular weight excluding hydrogens is 541 g/mol. The Morgan fingerprint density at radius 3 is 2.76 bits per heavy atom. The highest BCUT2D eigenvalue weighted by atomic mass is 32.2. The van der Waals surface area contributed by atoms with Crippen molar-refractivity contribution < 1.29 is 13.2 Å². The average Bonchev–Trinajstić information content (AvgIpc) is 3.53. The molecule has 1 aliphatic carbocycles. The summed E-state index contributed by atoms with van der Waals surface area (Å²) in [6.45, 7) is 2.59. The Morgan fingerprint density at radius 1 is 1.13 bits per heavy atom. The number of carbonyl (C=O) groups is 1. The van der Waals surface area contributed by atoms with Gasteiger partial charge in [0, 0.05) is 23.2 Å². The number of thioether (sulfide) groups is 1. The number of nitrogens with one attached hydrogen (secondary N) is 1. The number of benzene rings is 1. The fourth-order valence-corrected chi connectivity index (χ4v) is 9.20. The second-order valence-corrected chi connectivity index (χ2v) is 13.8. The SMILES string of the molecule is CCC1CCCCN1S(=O)(=O)c1ccc(NC(=O)CSc2nnc3c4c5c(sc4ncn23)CCCC5)cc1. The van der Waals surface area contributed by atoms with Gasteiger partial charge in [-0.15, -0.1) is 21.5 Å². The van der Waals surface area contributed by atoms with E-state index in [2.05, 4.69) is 20.5 Å². The number of nitrogens with zero attached hydrogens (tertiary/aromatic N) is 5. The molecular formula is C26H30N6O3S3. The van der Waals surface area contributed by atoms with Gasteiger partial charge in [-0.3, -0.25) is 9.20 Å². The number of piperidine rings is 1. The summed E-state index contributed by atoms with van der Waals surface area (Å²) in [5, 5.41) is 13.4. The molecule has 0 saturated carbocycles. The van der Waals surface area contributed by atoms with Gasteiger partial charge in [0.15, 0.2) is 10.8 Å². The van der Waals surface area contributed by atoms with E-state index in [-0.39, 0.29) is 22.6 Å². The summed E-state index contributed by atoms with van der Waals surface area (Å²) in [6, 6.07) is 6.49. The Hall–Kier alpha value is -2.54. The van der Waals surface area contributed by atoms with Crippen molar-refractivity contribution in [1.29, 1.82) is 0 Å². The van der Waals surface area contributed by atoms with Crippen molar-refractivity contribution in [3.63, 3.8) is 0 Å². The number of hydrogen-bond donors (Lipinski definition) is 1. The molecule has 1 aliphatic heterocycles. The van der Waals surface area contributed by atoms with Gasteiger partial charge in [0.1, 0.15) is 11.2 Å². The Balaban J connectivity index is 1.12. The van der Waals surface area contributed by atoms with Gasteiger partial charge in [-0.1, -0.05) is 25.1 Å². The van der Waals surface area contributed by atoms with Gasteiger partial charge in [-0.25, -0.2) is 13.4 Å². The lowest BCUT2D eigenvalue weighted by Crippen LogP contribution is -2.43. The van der Waals surface area contributed by atoms with Gasteiger partial charge < -0.3 is 5.32 Å². The monoisotopic (exact) mass is 570 g/mol. The fraction of sp³-hybridized carbons (Fsp3) is 0.462. The molecule has 6 rings (SSSR count). The highest BCUT2D eigenvalue weighted by Gasteiger charge is 2.32. The van der Waals surface area contributed by atoms with Crippen LogP contribution in [0.4, 0.5) is 5.69 Å². The normalized spacial score (nSPS) is 18.6. The fourth-order valence-electron chi connectivity index (χ4n) is 5.50. The maximum Gasteiger partial charge on any atom is 0.243 e. The first-order chi connectivity index (χ1) is 18.5. The van der Waals surface area contributed by atoms with E-state index in [4.69, 9.17) is 0 Å². The van der Waals surface area contributed by atoms with Crippen LogP contribution in [-0.2, 0) is 27.7 Å². The van der Waals surface area contributed by atoms with Crippen molar-refractivity contribution in [1.82, 2.24) is 23.9 Å². The summed E-state index contributed by atoms with van der Waals surface area (Å²) in [5.41, 5.74) is 2.71. The topological polar surface area (TPSA) is 110 Å². The molecule has 1 saturated heterocycles. The second kappa shape index (κ2) is 10.6. The zero-order chi connectivity index (χ0) is 26.3. The molecule has 1 unspecified atom stereocenters. The molecule has 1 amide bonds. The standard InChI is InChI=1S/C26H30N6O3S3/c1-2-18-7-5-6-14-32(18)38(34,35)19-12-10-17(11-13-19)28-22(33)15-36-26-30-29-24-23-20-8-3-4-9-21(20)37-25(23)27-16-31(24)26/h10-13,16,18H,2-9,14-15H2,1H3,(H,28,33). The van der Waals surface area contributed by atoms with E-state index in [1.807, 2.05) is 11.3 Å². The number of aromatic nitrogens is 4. The molecule has 200 valence electrons. The minimum atomic E-state index is -3.55. The minimum absolute atomic E-state index is 0.0508. The average molecular weight is 571 g/mol. The molecule has 3 aromatic heterocycles. The van der Waals surface area contributed by atoms with E-state index in [0.29, 0.717) is 17.4 Å². The van der Waals surface area contributed by atoms with Gasteiger partial charge >= 0.3 is 0 Å². The van der Waals surface area contributed by atoms with E-state index in [1.165, 1.54) is 35.0 Å². The quantitative estimate of drug-likeness (QED) is 0.315. The molecule has 38 heavy (non-hydrogen) atoms. The van der Waals surface area contributed by atoms with E-state index in [9.17, 15) is 13.2 Å². The van der Waals surface area contributed by atoms with Crippen LogP contribution in [0.3, 0.4) is 0 Å². The lowest BCUT2D eigenvalue weighted by Gasteiger charge is -2.34. The van der Waals surface area contributed by atoms with Crippen LogP contribution in [0.5, 0.6) is 0 Å². The molecule has 2 aliphatic rings. The highest BCUT2D eigenvalue weighted by Crippen LogP contribution is 2.37. The Bertz CT molecular complexity index is 1600. The summed E-state index contributed by atoms with van der Waals surface area (Å²) in [7, 11) is -3.55. The van der Waals surface area contributed by atoms with Crippen LogP contribution < -0.4 is 5.32 Å². The predicted octanol–water partition coefficient (Wildman–Crippen LogP) is 4.90. The van der Waals surface area contributed by atoms with Crippen molar-refractivity contribution in [3.05, 3.63) is 41.0 Å². The first kappa shape index (κ1) is 25.7. The van der Waals surface area contributed by atoms with Gasteiger partial charge in [0.2, 0.25) is 15.9 Å².